The van der Waals surface area contributed by atoms with Crippen LogP contribution in [-0.4, -0.2) is 23.3 Å². The molecule has 1 aliphatic rings. The van der Waals surface area contributed by atoms with Gasteiger partial charge in [0.1, 0.15) is 5.60 Å². The Morgan fingerprint density at radius 3 is 2.62 bits per heavy atom. The van der Waals surface area contributed by atoms with Crippen molar-refractivity contribution in [2.75, 3.05) is 12.4 Å². The predicted molar refractivity (Wildman–Crippen MR) is 60.2 cm³/mol. The van der Waals surface area contributed by atoms with E-state index in [1.165, 1.54) is 12.8 Å². The molecule has 0 aromatic carbocycles. The summed E-state index contributed by atoms with van der Waals surface area (Å²) in [6.07, 6.45) is 4.05. The molecule has 5 heteroatoms. The first-order valence-electron chi connectivity index (χ1n) is 5.90. The largest absolute Gasteiger partial charge is 0.370 e. The Balaban J connectivity index is 2.14. The Morgan fingerprint density at radius 1 is 1.44 bits per heavy atom. The summed E-state index contributed by atoms with van der Waals surface area (Å²) in [4.78, 5) is 4.36. The van der Waals surface area contributed by atoms with Crippen LogP contribution in [0.5, 0.6) is 0 Å². The fourth-order valence-corrected chi connectivity index (χ4v) is 1.82. The van der Waals surface area contributed by atoms with Gasteiger partial charge in [-0.2, -0.15) is 4.98 Å². The van der Waals surface area contributed by atoms with Crippen molar-refractivity contribution < 1.29 is 9.26 Å². The summed E-state index contributed by atoms with van der Waals surface area (Å²) in [6.45, 7) is 4.13. The Hall–Kier alpha value is -1.10. The highest BCUT2D eigenvalue weighted by Crippen LogP contribution is 2.31. The maximum atomic E-state index is 5.54. The topological polar surface area (TPSA) is 60.2 Å². The van der Waals surface area contributed by atoms with Crippen molar-refractivity contribution in [3.8, 4) is 0 Å². The molecule has 1 fully saturated rings. The Bertz CT molecular complexity index is 334. The normalized spacial score (nSPS) is 16.4. The molecule has 2 rings (SSSR count). The van der Waals surface area contributed by atoms with Crippen molar-refractivity contribution in [3.63, 3.8) is 0 Å². The third kappa shape index (κ3) is 2.04. The van der Waals surface area contributed by atoms with E-state index in [1.807, 2.05) is 0 Å². The number of ether oxygens (including phenoxy) is 1. The minimum Gasteiger partial charge on any atom is -0.370 e. The first kappa shape index (κ1) is 11.4. The molecule has 1 aromatic heterocycles. The minimum absolute atomic E-state index is 0.410. The summed E-state index contributed by atoms with van der Waals surface area (Å²) in [5, 5.41) is 7.19. The summed E-state index contributed by atoms with van der Waals surface area (Å²) < 4.78 is 10.7. The fraction of sp³-hybridized carbons (Fsp3) is 0.818. The monoisotopic (exact) mass is 225 g/mol. The highest BCUT2D eigenvalue weighted by atomic mass is 16.5. The van der Waals surface area contributed by atoms with Crippen LogP contribution in [0.15, 0.2) is 4.52 Å². The lowest BCUT2D eigenvalue weighted by atomic mass is 9.96. The number of hydrogen-bond donors (Lipinski definition) is 1. The van der Waals surface area contributed by atoms with E-state index in [2.05, 4.69) is 29.3 Å². The van der Waals surface area contributed by atoms with Gasteiger partial charge in [0.2, 0.25) is 5.82 Å². The van der Waals surface area contributed by atoms with Gasteiger partial charge in [-0.25, -0.2) is 0 Å². The van der Waals surface area contributed by atoms with Crippen LogP contribution in [0.25, 0.3) is 0 Å². The number of rotatable bonds is 6. The highest BCUT2D eigenvalue weighted by molar-refractivity contribution is 5.24. The van der Waals surface area contributed by atoms with Crippen molar-refractivity contribution in [1.82, 2.24) is 10.1 Å². The molecule has 0 bridgehead atoms. The Labute approximate surface area is 95.6 Å². The molecule has 0 spiro atoms. The van der Waals surface area contributed by atoms with Crippen LogP contribution in [-0.2, 0) is 10.3 Å². The second-order valence-electron chi connectivity index (χ2n) is 4.25. The summed E-state index contributed by atoms with van der Waals surface area (Å²) in [5.41, 5.74) is -0.410. The van der Waals surface area contributed by atoms with Gasteiger partial charge in [0.05, 0.1) is 0 Å². The second-order valence-corrected chi connectivity index (χ2v) is 4.25. The van der Waals surface area contributed by atoms with Gasteiger partial charge in [-0.1, -0.05) is 19.0 Å². The lowest BCUT2D eigenvalue weighted by Crippen LogP contribution is -2.28. The van der Waals surface area contributed by atoms with Crippen molar-refractivity contribution >= 4 is 6.01 Å². The standard InChI is InChI=1S/C11H19N3O2/c1-4-11(5-2,15-3)9-13-10(16-14-9)12-8-6-7-8/h8H,4-7H2,1-3H3,(H,12,13,14). The van der Waals surface area contributed by atoms with Gasteiger partial charge in [-0.05, 0) is 25.7 Å². The van der Waals surface area contributed by atoms with Crippen LogP contribution < -0.4 is 5.32 Å². The molecule has 0 amide bonds. The summed E-state index contributed by atoms with van der Waals surface area (Å²) in [7, 11) is 1.69. The van der Waals surface area contributed by atoms with E-state index < -0.39 is 5.60 Å². The molecule has 0 aliphatic heterocycles. The van der Waals surface area contributed by atoms with Crippen LogP contribution in [0.3, 0.4) is 0 Å². The first-order valence-corrected chi connectivity index (χ1v) is 5.90. The van der Waals surface area contributed by atoms with Crippen LogP contribution in [0, 0.1) is 0 Å². The van der Waals surface area contributed by atoms with Gasteiger partial charge in [0.15, 0.2) is 0 Å². The first-order chi connectivity index (χ1) is 7.74. The molecule has 0 atom stereocenters. The number of anilines is 1. The number of hydrogen-bond acceptors (Lipinski definition) is 5. The van der Waals surface area contributed by atoms with E-state index in [-0.39, 0.29) is 0 Å². The van der Waals surface area contributed by atoms with Crippen molar-refractivity contribution in [3.05, 3.63) is 5.82 Å². The summed E-state index contributed by atoms with van der Waals surface area (Å²) in [5.74, 6) is 0.642. The molecule has 90 valence electrons. The van der Waals surface area contributed by atoms with E-state index in [9.17, 15) is 0 Å². The average molecular weight is 225 g/mol. The van der Waals surface area contributed by atoms with E-state index in [1.54, 1.807) is 7.11 Å². The van der Waals surface area contributed by atoms with E-state index in [4.69, 9.17) is 9.26 Å². The molecule has 16 heavy (non-hydrogen) atoms. The van der Waals surface area contributed by atoms with Crippen LogP contribution >= 0.6 is 0 Å². The van der Waals surface area contributed by atoms with Crippen molar-refractivity contribution in [2.45, 2.75) is 51.2 Å². The van der Waals surface area contributed by atoms with Gasteiger partial charge in [-0.15, -0.1) is 0 Å². The van der Waals surface area contributed by atoms with Gasteiger partial charge in [0, 0.05) is 13.2 Å². The molecule has 1 aromatic rings. The summed E-state index contributed by atoms with van der Waals surface area (Å²) in [6, 6.07) is 1.04. The highest BCUT2D eigenvalue weighted by Gasteiger charge is 2.34. The number of nitrogens with zero attached hydrogens (tertiary/aromatic N) is 2. The molecule has 1 saturated carbocycles. The molecule has 1 heterocycles. The van der Waals surface area contributed by atoms with Gasteiger partial charge in [0.25, 0.3) is 0 Å². The predicted octanol–water partition coefficient (Wildman–Crippen LogP) is 2.31. The fourth-order valence-electron chi connectivity index (χ4n) is 1.82. The average Bonchev–Trinajstić information content (AvgIpc) is 3.00. The maximum absolute atomic E-state index is 5.54. The molecular formula is C11H19N3O2. The zero-order chi connectivity index (χ0) is 11.6. The Morgan fingerprint density at radius 2 is 2.12 bits per heavy atom. The van der Waals surface area contributed by atoms with Gasteiger partial charge < -0.3 is 14.6 Å². The van der Waals surface area contributed by atoms with Gasteiger partial charge >= 0.3 is 6.01 Å². The minimum atomic E-state index is -0.410. The molecule has 0 radical (unpaired) electrons. The van der Waals surface area contributed by atoms with Crippen LogP contribution in [0.1, 0.15) is 45.4 Å². The Kier molecular flexibility index (Phi) is 3.14. The zero-order valence-corrected chi connectivity index (χ0v) is 10.1. The van der Waals surface area contributed by atoms with Crippen LogP contribution in [0.2, 0.25) is 0 Å². The molecule has 1 N–H and O–H groups in total. The summed E-state index contributed by atoms with van der Waals surface area (Å²) >= 11 is 0. The van der Waals surface area contributed by atoms with Gasteiger partial charge in [-0.3, -0.25) is 0 Å². The lowest BCUT2D eigenvalue weighted by Gasteiger charge is -2.25. The third-order valence-corrected chi connectivity index (χ3v) is 3.27. The van der Waals surface area contributed by atoms with Crippen molar-refractivity contribution in [2.24, 2.45) is 0 Å². The molecule has 5 nitrogen and oxygen atoms in total. The smallest absolute Gasteiger partial charge is 0.321 e. The van der Waals surface area contributed by atoms with E-state index >= 15 is 0 Å². The quantitative estimate of drug-likeness (QED) is 0.805. The lowest BCUT2D eigenvalue weighted by molar-refractivity contribution is -0.0306. The molecule has 0 unspecified atom stereocenters. The molecule has 1 aliphatic carbocycles. The number of nitrogens with one attached hydrogen (secondary N) is 1. The molecular weight excluding hydrogens is 206 g/mol. The SMILES string of the molecule is CCC(CC)(OC)c1noc(NC2CC2)n1. The third-order valence-electron chi connectivity index (χ3n) is 3.27. The zero-order valence-electron chi connectivity index (χ0n) is 10.1. The van der Waals surface area contributed by atoms with E-state index in [0.717, 1.165) is 12.8 Å². The second kappa shape index (κ2) is 4.41. The molecule has 0 saturated heterocycles. The maximum Gasteiger partial charge on any atom is 0.321 e. The number of methoxy groups -OCH3 is 1. The van der Waals surface area contributed by atoms with E-state index in [0.29, 0.717) is 17.9 Å². The van der Waals surface area contributed by atoms with Crippen LogP contribution in [0.4, 0.5) is 6.01 Å². The number of aromatic nitrogens is 2. The van der Waals surface area contributed by atoms with Crippen molar-refractivity contribution in [1.29, 1.82) is 0 Å².